The van der Waals surface area contributed by atoms with Crippen molar-refractivity contribution in [3.05, 3.63) is 53.6 Å². The normalized spacial score (nSPS) is 24.1. The van der Waals surface area contributed by atoms with Crippen LogP contribution in [-0.2, 0) is 20.8 Å². The minimum absolute atomic E-state index is 0.0651. The van der Waals surface area contributed by atoms with Crippen LogP contribution in [0, 0.1) is 11.8 Å². The van der Waals surface area contributed by atoms with Crippen molar-refractivity contribution >= 4 is 29.2 Å². The highest BCUT2D eigenvalue weighted by molar-refractivity contribution is 6.16. The van der Waals surface area contributed by atoms with Gasteiger partial charge in [-0.3, -0.25) is 24.3 Å². The molecule has 7 rings (SSSR count). The average Bonchev–Trinajstić information content (AvgIpc) is 3.82. The summed E-state index contributed by atoms with van der Waals surface area (Å²) in [5.41, 5.74) is 4.57. The molecule has 3 fully saturated rings. The maximum absolute atomic E-state index is 13.3. The number of hydrogen-bond acceptors (Lipinski definition) is 4. The second-order valence-corrected chi connectivity index (χ2v) is 11.1. The SMILES string of the molecule is O=C1CCc2ccc(-c3ccc(C4=NC5(CC5)C(=O)N4C[C@@H]4CCN(C(=O)C5CC5)C4)cc3)cc2N1. The smallest absolute Gasteiger partial charge is 0.256 e. The van der Waals surface area contributed by atoms with Gasteiger partial charge in [-0.25, -0.2) is 0 Å². The standard InChI is InChI=1S/C29H30N4O3/c34-25-10-9-20-3-8-23(15-24(20)30-25)19-1-4-21(5-2-19)26-31-29(12-13-29)28(36)33(26)17-18-11-14-32(16-18)27(35)22-6-7-22/h1-5,8,15,18,22H,6-7,9-14,16-17H2,(H,30,34)/t18-/m1/s1. The van der Waals surface area contributed by atoms with Crippen molar-refractivity contribution in [2.45, 2.75) is 50.5 Å². The number of aryl methyl sites for hydroxylation is 1. The average molecular weight is 483 g/mol. The summed E-state index contributed by atoms with van der Waals surface area (Å²) >= 11 is 0. The van der Waals surface area contributed by atoms with Crippen molar-refractivity contribution in [1.82, 2.24) is 9.80 Å². The highest BCUT2D eigenvalue weighted by Crippen LogP contribution is 2.46. The van der Waals surface area contributed by atoms with Crippen LogP contribution >= 0.6 is 0 Å². The van der Waals surface area contributed by atoms with Gasteiger partial charge in [0.05, 0.1) is 0 Å². The number of aliphatic imine (C=N–C) groups is 1. The molecule has 1 saturated heterocycles. The number of carbonyl (C=O) groups is 3. The van der Waals surface area contributed by atoms with Crippen LogP contribution in [0.5, 0.6) is 0 Å². The zero-order chi connectivity index (χ0) is 24.4. The van der Waals surface area contributed by atoms with Gasteiger partial charge in [0, 0.05) is 43.2 Å². The third kappa shape index (κ3) is 3.72. The number of nitrogens with one attached hydrogen (secondary N) is 1. The van der Waals surface area contributed by atoms with E-state index in [4.69, 9.17) is 4.99 Å². The van der Waals surface area contributed by atoms with Gasteiger partial charge in [0.25, 0.3) is 5.91 Å². The van der Waals surface area contributed by atoms with E-state index in [0.29, 0.717) is 24.8 Å². The van der Waals surface area contributed by atoms with E-state index in [0.717, 1.165) is 79.8 Å². The Kier molecular flexibility index (Phi) is 4.85. The second-order valence-electron chi connectivity index (χ2n) is 11.1. The largest absolute Gasteiger partial charge is 0.342 e. The zero-order valence-corrected chi connectivity index (χ0v) is 20.3. The number of benzene rings is 2. The van der Waals surface area contributed by atoms with E-state index in [1.165, 1.54) is 5.56 Å². The van der Waals surface area contributed by atoms with Crippen molar-refractivity contribution < 1.29 is 14.4 Å². The van der Waals surface area contributed by atoms with Gasteiger partial charge in [-0.05, 0) is 67.2 Å². The number of anilines is 1. The molecule has 0 unspecified atom stereocenters. The molecule has 7 heteroatoms. The van der Waals surface area contributed by atoms with Crippen molar-refractivity contribution in [2.24, 2.45) is 16.8 Å². The maximum Gasteiger partial charge on any atom is 0.256 e. The molecule has 2 aromatic carbocycles. The molecule has 0 aromatic heterocycles. The molecule has 3 heterocycles. The fourth-order valence-electron chi connectivity index (χ4n) is 5.88. The highest BCUT2D eigenvalue weighted by atomic mass is 16.2. The molecular weight excluding hydrogens is 452 g/mol. The van der Waals surface area contributed by atoms with Crippen molar-refractivity contribution in [1.29, 1.82) is 0 Å². The topological polar surface area (TPSA) is 82.1 Å². The van der Waals surface area contributed by atoms with E-state index >= 15 is 0 Å². The number of likely N-dealkylation sites (tertiary alicyclic amines) is 1. The van der Waals surface area contributed by atoms with E-state index in [9.17, 15) is 14.4 Å². The van der Waals surface area contributed by atoms with Crippen molar-refractivity contribution in [2.75, 3.05) is 25.0 Å². The zero-order valence-electron chi connectivity index (χ0n) is 20.3. The van der Waals surface area contributed by atoms with E-state index in [1.54, 1.807) is 0 Å². The van der Waals surface area contributed by atoms with Gasteiger partial charge in [0.15, 0.2) is 0 Å². The molecule has 7 nitrogen and oxygen atoms in total. The van der Waals surface area contributed by atoms with Crippen LogP contribution in [0.3, 0.4) is 0 Å². The lowest BCUT2D eigenvalue weighted by Gasteiger charge is -2.23. The number of nitrogens with zero attached hydrogens (tertiary/aromatic N) is 3. The Hall–Kier alpha value is -3.48. The van der Waals surface area contributed by atoms with Crippen LogP contribution in [0.2, 0.25) is 0 Å². The van der Waals surface area contributed by atoms with Crippen LogP contribution < -0.4 is 5.32 Å². The van der Waals surface area contributed by atoms with Crippen LogP contribution in [-0.4, -0.2) is 58.5 Å². The van der Waals surface area contributed by atoms with E-state index in [2.05, 4.69) is 29.6 Å². The number of amides is 3. The Morgan fingerprint density at radius 3 is 2.47 bits per heavy atom. The van der Waals surface area contributed by atoms with Gasteiger partial charge in [0.2, 0.25) is 11.8 Å². The Bertz CT molecular complexity index is 1310. The van der Waals surface area contributed by atoms with Crippen LogP contribution in [0.1, 0.15) is 49.7 Å². The fourth-order valence-corrected chi connectivity index (χ4v) is 5.88. The molecule has 3 amide bonds. The van der Waals surface area contributed by atoms with Gasteiger partial charge in [0.1, 0.15) is 11.4 Å². The third-order valence-corrected chi connectivity index (χ3v) is 8.39. The predicted molar refractivity (Wildman–Crippen MR) is 136 cm³/mol. The molecule has 1 N–H and O–H groups in total. The van der Waals surface area contributed by atoms with Crippen LogP contribution in [0.4, 0.5) is 5.69 Å². The molecule has 0 bridgehead atoms. The van der Waals surface area contributed by atoms with E-state index in [-0.39, 0.29) is 17.7 Å². The number of carbonyl (C=O) groups excluding carboxylic acids is 3. The summed E-state index contributed by atoms with van der Waals surface area (Å²) in [4.78, 5) is 46.5. The van der Waals surface area contributed by atoms with Crippen LogP contribution in [0.15, 0.2) is 47.5 Å². The van der Waals surface area contributed by atoms with E-state index in [1.807, 2.05) is 28.0 Å². The van der Waals surface area contributed by atoms with Gasteiger partial charge in [-0.2, -0.15) is 0 Å². The van der Waals surface area contributed by atoms with Gasteiger partial charge in [-0.15, -0.1) is 0 Å². The van der Waals surface area contributed by atoms with Gasteiger partial charge in [-0.1, -0.05) is 36.4 Å². The number of fused-ring (bicyclic) bond motifs is 1. The third-order valence-electron chi connectivity index (χ3n) is 8.39. The Labute approximate surface area is 210 Å². The summed E-state index contributed by atoms with van der Waals surface area (Å²) in [6.45, 7) is 2.17. The quantitative estimate of drug-likeness (QED) is 0.707. The predicted octanol–water partition coefficient (Wildman–Crippen LogP) is 3.62. The summed E-state index contributed by atoms with van der Waals surface area (Å²) in [7, 11) is 0. The molecule has 1 spiro atoms. The highest BCUT2D eigenvalue weighted by Gasteiger charge is 2.57. The summed E-state index contributed by atoms with van der Waals surface area (Å²) in [6, 6.07) is 14.5. The number of amidine groups is 1. The molecular formula is C29H30N4O3. The Morgan fingerprint density at radius 1 is 0.972 bits per heavy atom. The molecule has 36 heavy (non-hydrogen) atoms. The monoisotopic (exact) mass is 482 g/mol. The van der Waals surface area contributed by atoms with Crippen molar-refractivity contribution in [3.8, 4) is 11.1 Å². The Morgan fingerprint density at radius 2 is 1.72 bits per heavy atom. The lowest BCUT2D eigenvalue weighted by atomic mass is 9.97. The van der Waals surface area contributed by atoms with E-state index < -0.39 is 5.54 Å². The number of hydrogen-bond donors (Lipinski definition) is 1. The number of rotatable bonds is 5. The van der Waals surface area contributed by atoms with Gasteiger partial charge >= 0.3 is 0 Å². The van der Waals surface area contributed by atoms with Crippen LogP contribution in [0.25, 0.3) is 11.1 Å². The first-order valence-electron chi connectivity index (χ1n) is 13.2. The molecule has 3 aliphatic heterocycles. The molecule has 2 aliphatic carbocycles. The first kappa shape index (κ1) is 21.8. The second kappa shape index (κ2) is 8.02. The Balaban J connectivity index is 1.10. The molecule has 5 aliphatic rings. The lowest BCUT2D eigenvalue weighted by molar-refractivity contribution is -0.131. The summed E-state index contributed by atoms with van der Waals surface area (Å²) < 4.78 is 0. The summed E-state index contributed by atoms with van der Waals surface area (Å²) in [6.07, 6.45) is 5.95. The molecule has 0 radical (unpaired) electrons. The first-order chi connectivity index (χ1) is 17.5. The molecule has 2 aromatic rings. The molecule has 1 atom stereocenters. The minimum Gasteiger partial charge on any atom is -0.342 e. The summed E-state index contributed by atoms with van der Waals surface area (Å²) in [5.74, 6) is 1.80. The fraction of sp³-hybridized carbons (Fsp3) is 0.448. The molecule has 184 valence electrons. The lowest BCUT2D eigenvalue weighted by Crippen LogP contribution is -2.40. The first-order valence-corrected chi connectivity index (χ1v) is 13.2. The van der Waals surface area contributed by atoms with Crippen molar-refractivity contribution in [3.63, 3.8) is 0 Å². The molecule has 2 saturated carbocycles. The minimum atomic E-state index is -0.549. The maximum atomic E-state index is 13.3. The van der Waals surface area contributed by atoms with Gasteiger partial charge < -0.3 is 10.2 Å². The summed E-state index contributed by atoms with van der Waals surface area (Å²) in [5, 5.41) is 2.98.